The number of carbonyl (C=O) groups is 1. The molecule has 2 aromatic carbocycles. The first kappa shape index (κ1) is 15.8. The quantitative estimate of drug-likeness (QED) is 0.610. The predicted molar refractivity (Wildman–Crippen MR) is 91.1 cm³/mol. The Labute approximate surface area is 131 Å². The lowest BCUT2D eigenvalue weighted by Gasteiger charge is -2.04. The minimum absolute atomic E-state index is 0.0825. The van der Waals surface area contributed by atoms with E-state index in [0.29, 0.717) is 17.7 Å². The fourth-order valence-corrected chi connectivity index (χ4v) is 1.98. The van der Waals surface area contributed by atoms with Gasteiger partial charge in [-0.3, -0.25) is 4.79 Å². The van der Waals surface area contributed by atoms with Crippen molar-refractivity contribution < 1.29 is 9.53 Å². The number of allylic oxidation sites excluding steroid dienone is 1. The maximum absolute atomic E-state index is 12.0. The molecule has 2 rings (SSSR count). The summed E-state index contributed by atoms with van der Waals surface area (Å²) in [5.74, 6) is 0.955. The number of Topliss-reactive ketones (excluding diaryl/α,β-unsaturated/α-hetero) is 1. The van der Waals surface area contributed by atoms with Crippen LogP contribution < -0.4 is 10.5 Å². The van der Waals surface area contributed by atoms with Crippen LogP contribution >= 0.6 is 0 Å². The van der Waals surface area contributed by atoms with Crippen LogP contribution in [0.25, 0.3) is 6.08 Å². The van der Waals surface area contributed by atoms with Crippen molar-refractivity contribution >= 4 is 17.5 Å². The van der Waals surface area contributed by atoms with Crippen molar-refractivity contribution in [3.05, 3.63) is 65.7 Å². The highest BCUT2D eigenvalue weighted by Crippen LogP contribution is 2.14. The van der Waals surface area contributed by atoms with E-state index in [-0.39, 0.29) is 5.78 Å². The molecule has 0 aliphatic carbocycles. The Morgan fingerprint density at radius 2 is 1.77 bits per heavy atom. The summed E-state index contributed by atoms with van der Waals surface area (Å²) in [5, 5.41) is 0. The van der Waals surface area contributed by atoms with Crippen molar-refractivity contribution in [3.63, 3.8) is 0 Å². The van der Waals surface area contributed by atoms with E-state index < -0.39 is 0 Å². The number of hydrogen-bond donors (Lipinski definition) is 1. The molecule has 3 nitrogen and oxygen atoms in total. The fraction of sp³-hybridized carbons (Fsp3) is 0.211. The summed E-state index contributed by atoms with van der Waals surface area (Å²) in [6.07, 6.45) is 5.19. The minimum Gasteiger partial charge on any atom is -0.494 e. The average molecular weight is 295 g/mol. The topological polar surface area (TPSA) is 52.3 Å². The lowest BCUT2D eigenvalue weighted by molar-refractivity contribution is 0.0996. The largest absolute Gasteiger partial charge is 0.494 e. The molecule has 0 amide bonds. The molecular weight excluding hydrogens is 274 g/mol. The molecule has 0 aliphatic heterocycles. The molecule has 0 atom stereocenters. The smallest absolute Gasteiger partial charge is 0.166 e. The maximum atomic E-state index is 12.0. The summed E-state index contributed by atoms with van der Waals surface area (Å²) in [7, 11) is 0. The SMILES string of the molecule is CCCOc1ccc(C=CCC(=O)c2ccc(N)cc2)cc1. The monoisotopic (exact) mass is 295 g/mol. The van der Waals surface area contributed by atoms with Gasteiger partial charge >= 0.3 is 0 Å². The molecule has 2 N–H and O–H groups in total. The van der Waals surface area contributed by atoms with Crippen LogP contribution in [0.3, 0.4) is 0 Å². The van der Waals surface area contributed by atoms with Crippen LogP contribution in [0.2, 0.25) is 0 Å². The van der Waals surface area contributed by atoms with E-state index in [4.69, 9.17) is 10.5 Å². The lowest BCUT2D eigenvalue weighted by atomic mass is 10.1. The molecule has 0 aromatic heterocycles. The number of anilines is 1. The van der Waals surface area contributed by atoms with Gasteiger partial charge in [0, 0.05) is 17.7 Å². The van der Waals surface area contributed by atoms with Gasteiger partial charge in [-0.25, -0.2) is 0 Å². The number of benzene rings is 2. The van der Waals surface area contributed by atoms with Gasteiger partial charge in [0.15, 0.2) is 5.78 Å². The molecule has 0 saturated carbocycles. The summed E-state index contributed by atoms with van der Waals surface area (Å²) in [6, 6.07) is 14.8. The van der Waals surface area contributed by atoms with Crippen LogP contribution in [0.4, 0.5) is 5.69 Å². The number of rotatable bonds is 7. The average Bonchev–Trinajstić information content (AvgIpc) is 2.54. The molecule has 0 spiro atoms. The van der Waals surface area contributed by atoms with Crippen molar-refractivity contribution in [1.82, 2.24) is 0 Å². The van der Waals surface area contributed by atoms with Gasteiger partial charge in [-0.2, -0.15) is 0 Å². The van der Waals surface area contributed by atoms with Crippen LogP contribution in [-0.2, 0) is 0 Å². The molecule has 22 heavy (non-hydrogen) atoms. The van der Waals surface area contributed by atoms with Gasteiger partial charge in [-0.05, 0) is 48.4 Å². The molecular formula is C19H21NO2. The first-order chi connectivity index (χ1) is 10.7. The van der Waals surface area contributed by atoms with E-state index in [9.17, 15) is 4.79 Å². The summed E-state index contributed by atoms with van der Waals surface area (Å²) < 4.78 is 5.53. The molecule has 3 heteroatoms. The predicted octanol–water partition coefficient (Wildman–Crippen LogP) is 4.34. The Kier molecular flexibility index (Phi) is 5.78. The van der Waals surface area contributed by atoms with Crippen LogP contribution in [0, 0.1) is 0 Å². The normalized spacial score (nSPS) is 10.8. The first-order valence-electron chi connectivity index (χ1n) is 7.47. The van der Waals surface area contributed by atoms with Gasteiger partial charge in [0.1, 0.15) is 5.75 Å². The molecule has 0 unspecified atom stereocenters. The van der Waals surface area contributed by atoms with Crippen molar-refractivity contribution in [2.45, 2.75) is 19.8 Å². The van der Waals surface area contributed by atoms with Gasteiger partial charge in [0.25, 0.3) is 0 Å². The second-order valence-corrected chi connectivity index (χ2v) is 5.07. The van der Waals surface area contributed by atoms with Gasteiger partial charge in [-0.15, -0.1) is 0 Å². The van der Waals surface area contributed by atoms with E-state index in [2.05, 4.69) is 6.92 Å². The van der Waals surface area contributed by atoms with E-state index >= 15 is 0 Å². The summed E-state index contributed by atoms with van der Waals surface area (Å²) in [6.45, 7) is 2.81. The Bertz CT molecular complexity index is 627. The number of carbonyl (C=O) groups excluding carboxylic acids is 1. The number of ether oxygens (including phenoxy) is 1. The third-order valence-corrected chi connectivity index (χ3v) is 3.20. The van der Waals surface area contributed by atoms with Gasteiger partial charge < -0.3 is 10.5 Å². The highest BCUT2D eigenvalue weighted by molar-refractivity contribution is 5.97. The molecule has 114 valence electrons. The Morgan fingerprint density at radius 1 is 1.09 bits per heavy atom. The Hall–Kier alpha value is -2.55. The molecule has 0 bridgehead atoms. The summed E-state index contributed by atoms with van der Waals surface area (Å²) >= 11 is 0. The zero-order valence-corrected chi connectivity index (χ0v) is 12.8. The third-order valence-electron chi connectivity index (χ3n) is 3.20. The zero-order valence-electron chi connectivity index (χ0n) is 12.8. The highest BCUT2D eigenvalue weighted by Gasteiger charge is 2.02. The van der Waals surface area contributed by atoms with Crippen molar-refractivity contribution in [3.8, 4) is 5.75 Å². The van der Waals surface area contributed by atoms with Gasteiger partial charge in [0.05, 0.1) is 6.61 Å². The molecule has 0 saturated heterocycles. The van der Waals surface area contributed by atoms with Gasteiger partial charge in [0.2, 0.25) is 0 Å². The van der Waals surface area contributed by atoms with Crippen molar-refractivity contribution in [2.75, 3.05) is 12.3 Å². The number of nitrogen functional groups attached to an aromatic ring is 1. The lowest BCUT2D eigenvalue weighted by Crippen LogP contribution is -1.97. The van der Waals surface area contributed by atoms with Crippen LogP contribution in [0.1, 0.15) is 35.7 Å². The Balaban J connectivity index is 1.89. The van der Waals surface area contributed by atoms with Crippen molar-refractivity contribution in [1.29, 1.82) is 0 Å². The van der Waals surface area contributed by atoms with Crippen LogP contribution in [0.15, 0.2) is 54.6 Å². The van der Waals surface area contributed by atoms with E-state index in [1.165, 1.54) is 0 Å². The fourth-order valence-electron chi connectivity index (χ4n) is 1.98. The van der Waals surface area contributed by atoms with Gasteiger partial charge in [-0.1, -0.05) is 31.2 Å². The van der Waals surface area contributed by atoms with Crippen molar-refractivity contribution in [2.24, 2.45) is 0 Å². The molecule has 0 fully saturated rings. The zero-order chi connectivity index (χ0) is 15.8. The third kappa shape index (κ3) is 4.77. The maximum Gasteiger partial charge on any atom is 0.166 e. The Morgan fingerprint density at radius 3 is 2.41 bits per heavy atom. The van der Waals surface area contributed by atoms with E-state index in [1.807, 2.05) is 36.4 Å². The molecule has 0 radical (unpaired) electrons. The number of hydrogen-bond acceptors (Lipinski definition) is 3. The summed E-state index contributed by atoms with van der Waals surface area (Å²) in [5.41, 5.74) is 8.01. The second kappa shape index (κ2) is 8.03. The van der Waals surface area contributed by atoms with Crippen LogP contribution in [-0.4, -0.2) is 12.4 Å². The molecule has 0 aliphatic rings. The molecule has 0 heterocycles. The second-order valence-electron chi connectivity index (χ2n) is 5.07. The van der Waals surface area contributed by atoms with E-state index in [1.54, 1.807) is 24.3 Å². The number of nitrogens with two attached hydrogens (primary N) is 1. The number of ketones is 1. The minimum atomic E-state index is 0.0825. The standard InChI is InChI=1S/C19H21NO2/c1-2-14-22-18-12-6-15(7-13-18)4-3-5-19(21)16-8-10-17(20)11-9-16/h3-4,6-13H,2,5,14,20H2,1H3. The molecule has 2 aromatic rings. The van der Waals surface area contributed by atoms with Crippen LogP contribution in [0.5, 0.6) is 5.75 Å². The van der Waals surface area contributed by atoms with E-state index in [0.717, 1.165) is 24.3 Å². The first-order valence-corrected chi connectivity index (χ1v) is 7.47. The highest BCUT2D eigenvalue weighted by atomic mass is 16.5. The summed E-state index contributed by atoms with van der Waals surface area (Å²) in [4.78, 5) is 12.0.